The first-order chi connectivity index (χ1) is 14.2. The fraction of sp³-hybridized carbons (Fsp3) is 0.444. The van der Waals surface area contributed by atoms with Crippen molar-refractivity contribution in [3.63, 3.8) is 0 Å². The Hall–Kier alpha value is -2.83. The Balaban J connectivity index is 2.12. The number of piperazine rings is 1. The summed E-state index contributed by atoms with van der Waals surface area (Å²) in [5.41, 5.74) is 14.4. The summed E-state index contributed by atoms with van der Waals surface area (Å²) in [5, 5.41) is 23.0. The molecule has 2 rings (SSSR count). The molecule has 3 atom stereocenters. The Morgan fingerprint density at radius 1 is 1.33 bits per heavy atom. The number of hydrogen-bond acceptors (Lipinski definition) is 7. The summed E-state index contributed by atoms with van der Waals surface area (Å²) in [6.45, 7) is 0.480. The van der Waals surface area contributed by atoms with Crippen LogP contribution in [0, 0.1) is 5.41 Å². The largest absolute Gasteiger partial charge is 0.508 e. The molecule has 1 heterocycles. The average molecular weight is 438 g/mol. The fourth-order valence-corrected chi connectivity index (χ4v) is 3.29. The van der Waals surface area contributed by atoms with Crippen LogP contribution in [-0.4, -0.2) is 64.2 Å². The van der Waals surface area contributed by atoms with Gasteiger partial charge in [-0.15, -0.1) is 12.6 Å². The first-order valence-electron chi connectivity index (χ1n) is 9.38. The number of primary amides is 1. The lowest BCUT2D eigenvalue weighted by atomic mass is 10.0. The molecule has 0 aromatic heterocycles. The molecule has 1 aromatic rings. The van der Waals surface area contributed by atoms with Crippen molar-refractivity contribution in [2.24, 2.45) is 11.5 Å². The van der Waals surface area contributed by atoms with E-state index in [9.17, 15) is 19.5 Å². The lowest BCUT2D eigenvalue weighted by Gasteiger charge is -2.40. The highest BCUT2D eigenvalue weighted by atomic mass is 32.1. The van der Waals surface area contributed by atoms with E-state index in [1.54, 1.807) is 17.1 Å². The number of rotatable bonds is 10. The number of nitrogens with two attached hydrogens (primary N) is 2. The van der Waals surface area contributed by atoms with E-state index >= 15 is 0 Å². The molecule has 2 amide bonds. The molecule has 1 aromatic carbocycles. The fourth-order valence-electron chi connectivity index (χ4n) is 3.14. The molecule has 1 aliphatic rings. The number of phenols is 1. The van der Waals surface area contributed by atoms with E-state index in [4.69, 9.17) is 16.9 Å². The molecular formula is C18H27N7O4S. The second kappa shape index (κ2) is 10.8. The number of amides is 2. The summed E-state index contributed by atoms with van der Waals surface area (Å²) in [6, 6.07) is 4.05. The zero-order chi connectivity index (χ0) is 22.3. The molecule has 0 unspecified atom stereocenters. The number of carbonyl (C=O) groups excluding carboxylic acids is 3. The number of nitrogens with zero attached hydrogens (tertiary/aromatic N) is 1. The standard InChI is InChI=1S/C18H27N7O4S/c19-15(27)13-9-25(14(16(28)23-13)2-1-7-22-18(20)21)24-12(17(29)30)8-10-3-5-11(26)6-4-10/h3-6,12-14,24,26H,1-2,7-9H2,(H2,19,27)(H,23,28)(H,29,30)(H4,20,21,22)/t12-,13+,14-/m0/s1. The van der Waals surface area contributed by atoms with Gasteiger partial charge < -0.3 is 27.2 Å². The van der Waals surface area contributed by atoms with Crippen LogP contribution in [0.2, 0.25) is 0 Å². The average Bonchev–Trinajstić information content (AvgIpc) is 2.67. The minimum atomic E-state index is -0.902. The molecule has 0 saturated carbocycles. The van der Waals surface area contributed by atoms with Crippen LogP contribution in [0.25, 0.3) is 0 Å². The maximum Gasteiger partial charge on any atom is 0.241 e. The predicted molar refractivity (Wildman–Crippen MR) is 113 cm³/mol. The molecule has 1 fully saturated rings. The highest BCUT2D eigenvalue weighted by molar-refractivity contribution is 7.96. The van der Waals surface area contributed by atoms with Crippen LogP contribution in [0.5, 0.6) is 5.75 Å². The zero-order valence-electron chi connectivity index (χ0n) is 16.3. The third kappa shape index (κ3) is 6.90. The molecule has 164 valence electrons. The first kappa shape index (κ1) is 23.4. The molecule has 11 nitrogen and oxygen atoms in total. The third-order valence-electron chi connectivity index (χ3n) is 4.68. The minimum Gasteiger partial charge on any atom is -0.508 e. The molecular weight excluding hydrogens is 410 g/mol. The van der Waals surface area contributed by atoms with Crippen LogP contribution in [0.15, 0.2) is 24.3 Å². The number of aromatic hydroxyl groups is 1. The van der Waals surface area contributed by atoms with Crippen molar-refractivity contribution in [2.75, 3.05) is 13.1 Å². The summed E-state index contributed by atoms with van der Waals surface area (Å²) in [7, 11) is 0. The van der Waals surface area contributed by atoms with Gasteiger partial charge in [-0.3, -0.25) is 19.8 Å². The van der Waals surface area contributed by atoms with Gasteiger partial charge in [0.1, 0.15) is 17.8 Å². The molecule has 12 heteroatoms. The number of hydrazine groups is 1. The van der Waals surface area contributed by atoms with Gasteiger partial charge >= 0.3 is 0 Å². The van der Waals surface area contributed by atoms with E-state index in [0.29, 0.717) is 19.4 Å². The topological polar surface area (TPSA) is 187 Å². The number of thiol groups is 1. The van der Waals surface area contributed by atoms with Gasteiger partial charge in [-0.25, -0.2) is 10.4 Å². The molecule has 0 aliphatic carbocycles. The molecule has 0 spiro atoms. The van der Waals surface area contributed by atoms with Crippen LogP contribution in [0.3, 0.4) is 0 Å². The van der Waals surface area contributed by atoms with Gasteiger partial charge in [0.05, 0.1) is 6.04 Å². The van der Waals surface area contributed by atoms with Gasteiger partial charge in [0.2, 0.25) is 16.9 Å². The Morgan fingerprint density at radius 2 is 2.00 bits per heavy atom. The molecule has 30 heavy (non-hydrogen) atoms. The van der Waals surface area contributed by atoms with Crippen LogP contribution in [0.1, 0.15) is 18.4 Å². The number of carbonyl (C=O) groups is 3. The normalized spacial score (nSPS) is 20.2. The summed E-state index contributed by atoms with van der Waals surface area (Å²) >= 11 is 3.95. The lowest BCUT2D eigenvalue weighted by molar-refractivity contribution is -0.139. The Bertz CT molecular complexity index is 789. The van der Waals surface area contributed by atoms with Gasteiger partial charge in [0.25, 0.3) is 0 Å². The predicted octanol–water partition coefficient (Wildman–Crippen LogP) is -1.82. The van der Waals surface area contributed by atoms with Crippen molar-refractivity contribution >= 4 is 35.5 Å². The second-order valence-corrected chi connectivity index (χ2v) is 7.45. The van der Waals surface area contributed by atoms with Gasteiger partial charge in [-0.1, -0.05) is 12.1 Å². The van der Waals surface area contributed by atoms with Crippen LogP contribution in [0.4, 0.5) is 0 Å². The van der Waals surface area contributed by atoms with Gasteiger partial charge in [0.15, 0.2) is 5.96 Å². The van der Waals surface area contributed by atoms with E-state index < -0.39 is 35.1 Å². The minimum absolute atomic E-state index is 0.0824. The SMILES string of the molecule is N=C(N)NCCC[C@H]1C(=O)N[C@@H](C(N)=O)CN1N[C@@H](Cc1ccc(O)cc1)C(=O)S. The van der Waals surface area contributed by atoms with Crippen molar-refractivity contribution in [1.29, 1.82) is 5.41 Å². The monoisotopic (exact) mass is 437 g/mol. The number of hydrogen-bond donors (Lipinski definition) is 8. The van der Waals surface area contributed by atoms with Crippen molar-refractivity contribution in [3.05, 3.63) is 29.8 Å². The first-order valence-corrected chi connectivity index (χ1v) is 9.83. The van der Waals surface area contributed by atoms with Crippen molar-refractivity contribution < 1.29 is 19.5 Å². The van der Waals surface area contributed by atoms with Gasteiger partial charge in [-0.05, 0) is 37.0 Å². The summed E-state index contributed by atoms with van der Waals surface area (Å²) in [4.78, 5) is 36.3. The van der Waals surface area contributed by atoms with Crippen molar-refractivity contribution in [3.8, 4) is 5.75 Å². The zero-order valence-corrected chi connectivity index (χ0v) is 17.2. The van der Waals surface area contributed by atoms with E-state index in [1.165, 1.54) is 12.1 Å². The van der Waals surface area contributed by atoms with Crippen molar-refractivity contribution in [1.82, 2.24) is 21.1 Å². The number of nitrogens with one attached hydrogen (secondary N) is 4. The van der Waals surface area contributed by atoms with Crippen molar-refractivity contribution in [2.45, 2.75) is 37.4 Å². The summed E-state index contributed by atoms with van der Waals surface area (Å²) < 4.78 is 0. The maximum absolute atomic E-state index is 12.6. The van der Waals surface area contributed by atoms with Crippen LogP contribution < -0.4 is 27.5 Å². The second-order valence-electron chi connectivity index (χ2n) is 7.00. The Morgan fingerprint density at radius 3 is 2.57 bits per heavy atom. The molecule has 1 saturated heterocycles. The number of guanidine groups is 1. The quantitative estimate of drug-likeness (QED) is 0.0909. The molecule has 0 bridgehead atoms. The molecule has 9 N–H and O–H groups in total. The van der Waals surface area contributed by atoms with E-state index in [0.717, 1.165) is 5.56 Å². The molecule has 0 radical (unpaired) electrons. The number of phenolic OH excluding ortho intramolecular Hbond substituents is 1. The van der Waals surface area contributed by atoms with E-state index in [-0.39, 0.29) is 24.7 Å². The van der Waals surface area contributed by atoms with Crippen LogP contribution in [-0.2, 0) is 20.8 Å². The molecule has 1 aliphatic heterocycles. The summed E-state index contributed by atoms with van der Waals surface area (Å²) in [6.07, 6.45) is 1.17. The highest BCUT2D eigenvalue weighted by Gasteiger charge is 2.38. The van der Waals surface area contributed by atoms with Gasteiger partial charge in [0, 0.05) is 13.1 Å². The third-order valence-corrected chi connectivity index (χ3v) is 5.00. The Labute approximate surface area is 179 Å². The van der Waals surface area contributed by atoms with E-state index in [1.807, 2.05) is 0 Å². The lowest BCUT2D eigenvalue weighted by Crippen LogP contribution is -2.68. The highest BCUT2D eigenvalue weighted by Crippen LogP contribution is 2.16. The summed E-state index contributed by atoms with van der Waals surface area (Å²) in [5.74, 6) is -1.13. The van der Waals surface area contributed by atoms with Crippen LogP contribution >= 0.6 is 12.6 Å². The Kier molecular flexibility index (Phi) is 8.45. The van der Waals surface area contributed by atoms with E-state index in [2.05, 4.69) is 28.7 Å². The number of benzene rings is 1. The maximum atomic E-state index is 12.6. The smallest absolute Gasteiger partial charge is 0.241 e. The van der Waals surface area contributed by atoms with Gasteiger partial charge in [-0.2, -0.15) is 0 Å².